The first-order chi connectivity index (χ1) is 16.5. The van der Waals surface area contributed by atoms with E-state index in [9.17, 15) is 8.42 Å². The Morgan fingerprint density at radius 1 is 1.03 bits per heavy atom. The molecule has 34 heavy (non-hydrogen) atoms. The van der Waals surface area contributed by atoms with Crippen molar-refractivity contribution in [1.82, 2.24) is 0 Å². The number of benzene rings is 3. The fourth-order valence-electron chi connectivity index (χ4n) is 4.97. The molecular weight excluding hydrogens is 448 g/mol. The van der Waals surface area contributed by atoms with Gasteiger partial charge in [-0.25, -0.2) is 8.42 Å². The Kier molecular flexibility index (Phi) is 5.96. The highest BCUT2D eigenvalue weighted by atomic mass is 32.2. The first kappa shape index (κ1) is 22.3. The number of para-hydroxylation sites is 1. The summed E-state index contributed by atoms with van der Waals surface area (Å²) in [4.78, 5) is 0.247. The molecule has 1 aliphatic heterocycles. The van der Waals surface area contributed by atoms with Crippen molar-refractivity contribution in [3.05, 3.63) is 90.0 Å². The SMILES string of the molecule is CCOc1ccc(NS(=O)(=O)c2ccc3c(c2)[C@H]2C=CC[C@H]2[C@@H](c2ccccc2OC)N3)cc1. The molecule has 0 spiro atoms. The summed E-state index contributed by atoms with van der Waals surface area (Å²) < 4.78 is 40.1. The molecule has 0 amide bonds. The third-order valence-electron chi connectivity index (χ3n) is 6.54. The summed E-state index contributed by atoms with van der Waals surface area (Å²) in [5, 5.41) is 3.66. The van der Waals surface area contributed by atoms with Gasteiger partial charge in [0.2, 0.25) is 0 Å². The summed E-state index contributed by atoms with van der Waals surface area (Å²) in [6.07, 6.45) is 5.30. The second-order valence-corrected chi connectivity index (χ2v) is 10.2. The van der Waals surface area contributed by atoms with Gasteiger partial charge in [0.1, 0.15) is 11.5 Å². The number of hydrogen-bond donors (Lipinski definition) is 2. The molecular formula is C27H28N2O4S. The zero-order chi connectivity index (χ0) is 23.7. The molecule has 0 saturated heterocycles. The Bertz CT molecular complexity index is 1320. The number of rotatable bonds is 7. The predicted molar refractivity (Wildman–Crippen MR) is 134 cm³/mol. The molecule has 2 aliphatic rings. The molecule has 0 radical (unpaired) electrons. The van der Waals surface area contributed by atoms with Crippen molar-refractivity contribution < 1.29 is 17.9 Å². The van der Waals surface area contributed by atoms with Crippen molar-refractivity contribution in [1.29, 1.82) is 0 Å². The maximum Gasteiger partial charge on any atom is 0.261 e. The molecule has 1 heterocycles. The number of ether oxygens (including phenoxy) is 2. The van der Waals surface area contributed by atoms with Crippen LogP contribution in [0.25, 0.3) is 0 Å². The van der Waals surface area contributed by atoms with Crippen LogP contribution in [0.15, 0.2) is 83.8 Å². The van der Waals surface area contributed by atoms with Crippen LogP contribution in [0.5, 0.6) is 11.5 Å². The smallest absolute Gasteiger partial charge is 0.261 e. The molecule has 2 N–H and O–H groups in total. The zero-order valence-electron chi connectivity index (χ0n) is 19.2. The predicted octanol–water partition coefficient (Wildman–Crippen LogP) is 5.72. The summed E-state index contributed by atoms with van der Waals surface area (Å²) in [6, 6.07) is 20.4. The van der Waals surface area contributed by atoms with E-state index in [0.29, 0.717) is 18.0 Å². The molecule has 1 aliphatic carbocycles. The van der Waals surface area contributed by atoms with Gasteiger partial charge in [-0.2, -0.15) is 0 Å². The summed E-state index contributed by atoms with van der Waals surface area (Å²) in [5.41, 5.74) is 3.56. The zero-order valence-corrected chi connectivity index (χ0v) is 20.0. The standard InChI is InChI=1S/C27H28N2O4S/c1-3-33-19-13-11-18(12-14-19)29-34(30,31)20-15-16-25-24(17-20)21-8-6-9-22(21)27(28-25)23-7-4-5-10-26(23)32-2/h4-8,10-17,21-22,27-29H,3,9H2,1-2H3/t21-,22+,27-/m0/s1. The van der Waals surface area contributed by atoms with Crippen molar-refractivity contribution in [2.75, 3.05) is 23.8 Å². The van der Waals surface area contributed by atoms with Gasteiger partial charge >= 0.3 is 0 Å². The van der Waals surface area contributed by atoms with Crippen LogP contribution in [0.3, 0.4) is 0 Å². The first-order valence-electron chi connectivity index (χ1n) is 11.5. The monoisotopic (exact) mass is 476 g/mol. The van der Waals surface area contributed by atoms with E-state index in [0.717, 1.165) is 29.0 Å². The van der Waals surface area contributed by atoms with Crippen LogP contribution >= 0.6 is 0 Å². The summed E-state index contributed by atoms with van der Waals surface area (Å²) >= 11 is 0. The average molecular weight is 477 g/mol. The second-order valence-electron chi connectivity index (χ2n) is 8.53. The van der Waals surface area contributed by atoms with Gasteiger partial charge in [0.25, 0.3) is 10.0 Å². The Morgan fingerprint density at radius 3 is 2.59 bits per heavy atom. The van der Waals surface area contributed by atoms with E-state index in [2.05, 4.69) is 28.3 Å². The van der Waals surface area contributed by atoms with Crippen LogP contribution in [0, 0.1) is 5.92 Å². The molecule has 0 saturated carbocycles. The fourth-order valence-corrected chi connectivity index (χ4v) is 6.06. The van der Waals surface area contributed by atoms with Gasteiger partial charge in [-0.15, -0.1) is 0 Å². The molecule has 0 bridgehead atoms. The molecule has 3 aromatic rings. The van der Waals surface area contributed by atoms with Gasteiger partial charge in [0.15, 0.2) is 0 Å². The fraction of sp³-hybridized carbons (Fsp3) is 0.259. The normalized spacial score (nSPS) is 20.7. The summed E-state index contributed by atoms with van der Waals surface area (Å²) in [7, 11) is -2.05. The van der Waals surface area contributed by atoms with Gasteiger partial charge in [0.05, 0.1) is 24.7 Å². The van der Waals surface area contributed by atoms with Gasteiger partial charge < -0.3 is 14.8 Å². The molecule has 0 unspecified atom stereocenters. The maximum absolute atomic E-state index is 13.2. The van der Waals surface area contributed by atoms with Gasteiger partial charge in [-0.05, 0) is 73.4 Å². The van der Waals surface area contributed by atoms with E-state index in [4.69, 9.17) is 9.47 Å². The molecule has 7 heteroatoms. The molecule has 176 valence electrons. The number of allylic oxidation sites excluding steroid dienone is 2. The second kappa shape index (κ2) is 9.06. The largest absolute Gasteiger partial charge is 0.496 e. The number of fused-ring (bicyclic) bond motifs is 3. The lowest BCUT2D eigenvalue weighted by Gasteiger charge is -2.38. The molecule has 6 nitrogen and oxygen atoms in total. The minimum absolute atomic E-state index is 0.0769. The van der Waals surface area contributed by atoms with Crippen LogP contribution in [-0.4, -0.2) is 22.1 Å². The van der Waals surface area contributed by atoms with Crippen LogP contribution in [0.4, 0.5) is 11.4 Å². The van der Waals surface area contributed by atoms with Crippen LogP contribution in [0.2, 0.25) is 0 Å². The van der Waals surface area contributed by atoms with Gasteiger partial charge in [-0.3, -0.25) is 4.72 Å². The van der Waals surface area contributed by atoms with Crippen molar-refractivity contribution in [3.8, 4) is 11.5 Å². The topological polar surface area (TPSA) is 76.7 Å². The lowest BCUT2D eigenvalue weighted by atomic mass is 9.77. The molecule has 3 atom stereocenters. The Morgan fingerprint density at radius 2 is 1.82 bits per heavy atom. The third kappa shape index (κ3) is 4.12. The van der Waals surface area contributed by atoms with Crippen LogP contribution in [-0.2, 0) is 10.0 Å². The van der Waals surface area contributed by atoms with E-state index in [1.54, 1.807) is 43.5 Å². The Balaban J connectivity index is 1.45. The molecule has 5 rings (SSSR count). The van der Waals surface area contributed by atoms with E-state index < -0.39 is 10.0 Å². The number of methoxy groups -OCH3 is 1. The minimum atomic E-state index is -3.74. The summed E-state index contributed by atoms with van der Waals surface area (Å²) in [6.45, 7) is 2.47. The number of hydrogen-bond acceptors (Lipinski definition) is 5. The number of anilines is 2. The number of sulfonamides is 1. The number of nitrogens with one attached hydrogen (secondary N) is 2. The van der Waals surface area contributed by atoms with E-state index >= 15 is 0 Å². The van der Waals surface area contributed by atoms with E-state index in [1.807, 2.05) is 31.2 Å². The lowest BCUT2D eigenvalue weighted by Crippen LogP contribution is -2.29. The van der Waals surface area contributed by atoms with Crippen molar-refractivity contribution in [2.24, 2.45) is 5.92 Å². The molecule has 0 fully saturated rings. The van der Waals surface area contributed by atoms with Crippen LogP contribution in [0.1, 0.15) is 36.4 Å². The van der Waals surface area contributed by atoms with E-state index in [1.165, 1.54) is 0 Å². The third-order valence-corrected chi connectivity index (χ3v) is 7.92. The lowest BCUT2D eigenvalue weighted by molar-refractivity contribution is 0.340. The molecule has 3 aromatic carbocycles. The van der Waals surface area contributed by atoms with Crippen molar-refractivity contribution in [3.63, 3.8) is 0 Å². The highest BCUT2D eigenvalue weighted by Gasteiger charge is 2.39. The maximum atomic E-state index is 13.2. The quantitative estimate of drug-likeness (QED) is 0.427. The Labute approximate surface area is 200 Å². The molecule has 0 aromatic heterocycles. The van der Waals surface area contributed by atoms with Crippen molar-refractivity contribution in [2.45, 2.75) is 30.2 Å². The highest BCUT2D eigenvalue weighted by Crippen LogP contribution is 2.51. The highest BCUT2D eigenvalue weighted by molar-refractivity contribution is 7.92. The average Bonchev–Trinajstić information content (AvgIpc) is 3.35. The van der Waals surface area contributed by atoms with Gasteiger partial charge in [0, 0.05) is 22.9 Å². The van der Waals surface area contributed by atoms with Gasteiger partial charge in [-0.1, -0.05) is 30.4 Å². The Hall–Kier alpha value is -3.45. The van der Waals surface area contributed by atoms with Crippen LogP contribution < -0.4 is 19.5 Å². The van der Waals surface area contributed by atoms with Crippen molar-refractivity contribution >= 4 is 21.4 Å². The van der Waals surface area contributed by atoms with E-state index in [-0.39, 0.29) is 22.8 Å². The minimum Gasteiger partial charge on any atom is -0.496 e. The first-order valence-corrected chi connectivity index (χ1v) is 12.9. The summed E-state index contributed by atoms with van der Waals surface area (Å²) in [5.74, 6) is 1.97.